The van der Waals surface area contributed by atoms with Crippen LogP contribution in [-0.2, 0) is 20.9 Å². The van der Waals surface area contributed by atoms with Crippen molar-refractivity contribution < 1.29 is 24.5 Å². The quantitative estimate of drug-likeness (QED) is 0.326. The number of carbonyl (C=O) groups is 1. The second-order valence-corrected chi connectivity index (χ2v) is 11.1. The fraction of sp³-hybridized carbons (Fsp3) is 0.435. The average molecular weight is 535 g/mol. The van der Waals surface area contributed by atoms with Gasteiger partial charge in [0.1, 0.15) is 0 Å². The molecule has 1 aliphatic rings. The Labute approximate surface area is 212 Å². The molecule has 1 heterocycles. The van der Waals surface area contributed by atoms with Gasteiger partial charge >= 0.3 is 0 Å². The van der Waals surface area contributed by atoms with Crippen molar-refractivity contribution >= 4 is 58.2 Å². The molecular formula is C23H26Cl3NO5S. The highest BCUT2D eigenvalue weighted by Crippen LogP contribution is 2.42. The number of thioether (sulfide) groups is 1. The molecule has 1 fully saturated rings. The monoisotopic (exact) mass is 533 g/mol. The lowest BCUT2D eigenvalue weighted by Gasteiger charge is -2.41. The van der Waals surface area contributed by atoms with Crippen molar-refractivity contribution in [2.45, 2.75) is 35.8 Å². The maximum atomic E-state index is 12.0. The molecular weight excluding hydrogens is 509 g/mol. The third kappa shape index (κ3) is 7.23. The first-order chi connectivity index (χ1) is 15.7. The van der Waals surface area contributed by atoms with Crippen LogP contribution in [0.15, 0.2) is 48.5 Å². The minimum Gasteiger partial charge on any atom is -0.396 e. The Bertz CT molecular complexity index is 925. The number of aliphatic hydroxyl groups is 2. The molecule has 4 atom stereocenters. The smallest absolute Gasteiger partial charge is 0.276 e. The van der Waals surface area contributed by atoms with Gasteiger partial charge in [-0.2, -0.15) is 11.8 Å². The van der Waals surface area contributed by atoms with Crippen molar-refractivity contribution in [3.63, 3.8) is 0 Å². The van der Waals surface area contributed by atoms with Crippen LogP contribution in [0.5, 0.6) is 0 Å². The molecule has 0 radical (unpaired) electrons. The van der Waals surface area contributed by atoms with Crippen molar-refractivity contribution in [1.29, 1.82) is 0 Å². The summed E-state index contributed by atoms with van der Waals surface area (Å²) in [4.78, 5) is 12.0. The van der Waals surface area contributed by atoms with Gasteiger partial charge in [-0.05, 0) is 23.3 Å². The van der Waals surface area contributed by atoms with Gasteiger partial charge in [-0.1, -0.05) is 78.1 Å². The van der Waals surface area contributed by atoms with Crippen LogP contribution in [0.3, 0.4) is 0 Å². The highest BCUT2D eigenvalue weighted by atomic mass is 35.6. The van der Waals surface area contributed by atoms with E-state index in [1.165, 1.54) is 0 Å². The topological polar surface area (TPSA) is 88.0 Å². The number of rotatable bonds is 8. The molecule has 0 saturated carbocycles. The molecule has 1 aliphatic heterocycles. The summed E-state index contributed by atoms with van der Waals surface area (Å²) in [6.45, 7) is 2.14. The average Bonchev–Trinajstić information content (AvgIpc) is 2.80. The van der Waals surface area contributed by atoms with Gasteiger partial charge in [-0.25, -0.2) is 0 Å². The first-order valence-electron chi connectivity index (χ1n) is 10.4. The van der Waals surface area contributed by atoms with Crippen LogP contribution in [0.4, 0.5) is 5.69 Å². The lowest BCUT2D eigenvalue weighted by atomic mass is 9.91. The third-order valence-electron chi connectivity index (χ3n) is 5.32. The van der Waals surface area contributed by atoms with Gasteiger partial charge in [0, 0.05) is 28.7 Å². The van der Waals surface area contributed by atoms with Gasteiger partial charge in [0.2, 0.25) is 0 Å². The minimum atomic E-state index is -2.08. The number of alkyl halides is 3. The van der Waals surface area contributed by atoms with Crippen molar-refractivity contribution in [2.24, 2.45) is 5.92 Å². The van der Waals surface area contributed by atoms with Crippen molar-refractivity contribution in [2.75, 3.05) is 23.4 Å². The zero-order valence-electron chi connectivity index (χ0n) is 17.9. The first-order valence-corrected chi connectivity index (χ1v) is 12.7. The minimum absolute atomic E-state index is 0.0276. The summed E-state index contributed by atoms with van der Waals surface area (Å²) in [5, 5.41) is 21.1. The van der Waals surface area contributed by atoms with Crippen LogP contribution in [0, 0.1) is 5.92 Å². The Kier molecular flexibility index (Phi) is 9.73. The third-order valence-corrected chi connectivity index (χ3v) is 6.87. The van der Waals surface area contributed by atoms with E-state index in [9.17, 15) is 9.90 Å². The molecule has 0 unspecified atom stereocenters. The van der Waals surface area contributed by atoms with Crippen LogP contribution in [0.2, 0.25) is 0 Å². The van der Waals surface area contributed by atoms with E-state index in [4.69, 9.17) is 49.4 Å². The predicted octanol–water partition coefficient (Wildman–Crippen LogP) is 5.00. The molecule has 0 spiro atoms. The van der Waals surface area contributed by atoms with Crippen LogP contribution in [-0.4, -0.2) is 44.1 Å². The zero-order chi connectivity index (χ0) is 24.0. The maximum absolute atomic E-state index is 12.0. The molecule has 1 amide bonds. The Hall–Kier alpha value is -1.03. The summed E-state index contributed by atoms with van der Waals surface area (Å²) in [6.07, 6.45) is -1.08. The Morgan fingerprint density at radius 2 is 1.82 bits per heavy atom. The molecule has 0 aliphatic carbocycles. The second kappa shape index (κ2) is 12.1. The van der Waals surface area contributed by atoms with Crippen LogP contribution in [0.1, 0.15) is 36.0 Å². The van der Waals surface area contributed by atoms with E-state index in [2.05, 4.69) is 12.2 Å². The number of amides is 1. The van der Waals surface area contributed by atoms with Crippen molar-refractivity contribution in [3.05, 3.63) is 65.2 Å². The molecule has 2 aromatic carbocycles. The Morgan fingerprint density at radius 1 is 1.09 bits per heavy atom. The number of anilines is 1. The highest BCUT2D eigenvalue weighted by Gasteiger charge is 2.38. The number of carbonyl (C=O) groups excluding carboxylic acids is 1. The maximum Gasteiger partial charge on any atom is 0.276 e. The van der Waals surface area contributed by atoms with E-state index in [1.54, 1.807) is 30.0 Å². The Balaban J connectivity index is 1.85. The normalized spacial score (nSPS) is 23.3. The predicted molar refractivity (Wildman–Crippen MR) is 133 cm³/mol. The number of aliphatic hydroxyl groups excluding tert-OH is 2. The fourth-order valence-corrected chi connectivity index (χ4v) is 4.59. The number of ether oxygens (including phenoxy) is 2. The van der Waals surface area contributed by atoms with Gasteiger partial charge in [0.25, 0.3) is 9.70 Å². The van der Waals surface area contributed by atoms with Gasteiger partial charge in [0.15, 0.2) is 6.29 Å². The molecule has 180 valence electrons. The van der Waals surface area contributed by atoms with E-state index >= 15 is 0 Å². The van der Waals surface area contributed by atoms with E-state index in [1.807, 2.05) is 30.3 Å². The molecule has 6 nitrogen and oxygen atoms in total. The molecule has 33 heavy (non-hydrogen) atoms. The Morgan fingerprint density at radius 3 is 2.45 bits per heavy atom. The van der Waals surface area contributed by atoms with E-state index in [-0.39, 0.29) is 31.3 Å². The lowest BCUT2D eigenvalue weighted by molar-refractivity contribution is -0.268. The van der Waals surface area contributed by atoms with Crippen molar-refractivity contribution in [1.82, 2.24) is 0 Å². The highest BCUT2D eigenvalue weighted by molar-refractivity contribution is 7.99. The van der Waals surface area contributed by atoms with Crippen LogP contribution in [0.25, 0.3) is 0 Å². The van der Waals surface area contributed by atoms with Gasteiger partial charge in [0.05, 0.1) is 25.4 Å². The lowest BCUT2D eigenvalue weighted by Crippen LogP contribution is -2.38. The molecule has 2 aromatic rings. The second-order valence-electron chi connectivity index (χ2n) is 7.70. The van der Waals surface area contributed by atoms with Crippen LogP contribution < -0.4 is 5.32 Å². The van der Waals surface area contributed by atoms with E-state index in [0.29, 0.717) is 22.8 Å². The summed E-state index contributed by atoms with van der Waals surface area (Å²) in [6, 6.07) is 14.7. The molecule has 3 rings (SSSR count). The largest absolute Gasteiger partial charge is 0.396 e. The summed E-state index contributed by atoms with van der Waals surface area (Å²) in [5.74, 6) is 0.590. The summed E-state index contributed by atoms with van der Waals surface area (Å²) in [5.41, 5.74) is 2.95. The molecule has 1 saturated heterocycles. The summed E-state index contributed by atoms with van der Waals surface area (Å²) in [7, 11) is 0. The zero-order valence-corrected chi connectivity index (χ0v) is 21.0. The summed E-state index contributed by atoms with van der Waals surface area (Å²) >= 11 is 18.6. The SMILES string of the molecule is C[C@H]1[C@@H](CSCCO)O[C@@H](c2cccc(NC(=O)C(Cl)(Cl)Cl)c2)O[C@H]1c1ccc(CO)cc1. The summed E-state index contributed by atoms with van der Waals surface area (Å²) < 4.78 is 10.6. The molecule has 0 bridgehead atoms. The molecule has 3 N–H and O–H groups in total. The van der Waals surface area contributed by atoms with Gasteiger partial charge < -0.3 is 25.0 Å². The van der Waals surface area contributed by atoms with E-state index in [0.717, 1.165) is 11.1 Å². The van der Waals surface area contributed by atoms with Crippen molar-refractivity contribution in [3.8, 4) is 0 Å². The van der Waals surface area contributed by atoms with Gasteiger partial charge in [-0.3, -0.25) is 4.79 Å². The van der Waals surface area contributed by atoms with Crippen LogP contribution >= 0.6 is 46.6 Å². The van der Waals surface area contributed by atoms with E-state index < -0.39 is 16.0 Å². The number of nitrogens with one attached hydrogen (secondary N) is 1. The number of hydrogen-bond donors (Lipinski definition) is 3. The molecule has 10 heteroatoms. The first kappa shape index (κ1) is 26.6. The fourth-order valence-electron chi connectivity index (χ4n) is 3.54. The van der Waals surface area contributed by atoms with Gasteiger partial charge in [-0.15, -0.1) is 0 Å². The number of halogens is 3. The number of benzene rings is 2. The number of hydrogen-bond acceptors (Lipinski definition) is 6. The standard InChI is InChI=1S/C23H26Cl3NO5S/c1-14-19(13-33-10-9-28)31-21(32-20(14)16-7-5-15(12-29)6-8-16)17-3-2-4-18(11-17)27-22(30)23(24,25)26/h2-8,11,14,19-21,28-29H,9-10,12-13H2,1H3,(H,27,30)/t14-,19+,20+,21+/m0/s1. The molecule has 0 aromatic heterocycles.